The normalized spacial score (nSPS) is 29.9. The highest BCUT2D eigenvalue weighted by molar-refractivity contribution is 6.21. The van der Waals surface area contributed by atoms with Crippen LogP contribution >= 0.6 is 11.6 Å². The SMILES string of the molecule is CC[C@H](C)C1NC(=O)[C@@H](CC(C)C)N(C)C(=O)C[C@H](C(=O)N2CCCCC2)N(C)C(=O)[C@H](C2CCCCC2)N(C)C(=O)C2(CCCC2)NC(=O)[C@@H]2CCCN2C(=O)[C@H](CCC2CCC(C(F)(F)F)C(Cl)C2)NC(=O)CN(C)C(=O)[C@H](CC2CCCCC2)N(C)C(=O)CN(C)C(=O)CN(C)C1=O. The predicted molar refractivity (Wildman–Crippen MR) is 375 cm³/mol. The van der Waals surface area contributed by atoms with Crippen LogP contribution in [-0.4, -0.2) is 263 Å². The first-order valence-corrected chi connectivity index (χ1v) is 38.1. The zero-order chi connectivity index (χ0) is 74.4. The Morgan fingerprint density at radius 3 is 1.77 bits per heavy atom. The number of nitrogens with zero attached hydrogens (tertiary/aromatic N) is 9. The Labute approximate surface area is 601 Å². The summed E-state index contributed by atoms with van der Waals surface area (Å²) in [4.78, 5) is 191. The standard InChI is InChI=1S/C73H118ClF3N12O12/c1-12-47(4)62-69(99)83(7)44-60(92)81(5)45-61(93)85(9)56(41-48-25-16-13-17-26-48)67(97)82(6)43-58(90)78-53(33-31-49-30-32-51(52(74)40-49)73(75,76)77)66(96)89-38-24-29-54(89)65(95)80-72(34-20-21-35-72)71(101)87(11)63(50-27-18-14-19-28-50)70(100)86(10)57(68(98)88-36-22-15-23-37-88)42-59(91)84(8)55(39-46(2)3)64(94)79-62/h46-57,62-63H,12-45H2,1-11H3,(H,78,90)(H,79,94)(H,80,95)/t47-,49?,51?,52?,53-,54-,55+,56-,57+,62?,63-/m0/s1. The molecule has 4 saturated carbocycles. The van der Waals surface area contributed by atoms with Gasteiger partial charge >= 0.3 is 6.18 Å². The van der Waals surface area contributed by atoms with Crippen molar-refractivity contribution in [1.29, 1.82) is 0 Å². The summed E-state index contributed by atoms with van der Waals surface area (Å²) in [5, 5.41) is 7.65. The zero-order valence-electron chi connectivity index (χ0n) is 62.1. The van der Waals surface area contributed by atoms with Gasteiger partial charge in [0.05, 0.1) is 32.0 Å². The molecule has 11 atom stereocenters. The van der Waals surface area contributed by atoms with Crippen LogP contribution in [0.25, 0.3) is 0 Å². The van der Waals surface area contributed by atoms with Crippen molar-refractivity contribution in [2.75, 3.05) is 88.6 Å². The average Bonchev–Trinajstić information content (AvgIpc) is 1.74. The van der Waals surface area contributed by atoms with Gasteiger partial charge in [0.25, 0.3) is 0 Å². The summed E-state index contributed by atoms with van der Waals surface area (Å²) in [5.41, 5.74) is -1.55. The minimum Gasteiger partial charge on any atom is -0.343 e. The molecule has 570 valence electrons. The molecule has 24 nitrogen and oxygen atoms in total. The molecule has 0 radical (unpaired) electrons. The smallest absolute Gasteiger partial charge is 0.343 e. The van der Waals surface area contributed by atoms with Gasteiger partial charge in [0.1, 0.15) is 47.8 Å². The van der Waals surface area contributed by atoms with Crippen molar-refractivity contribution in [3.05, 3.63) is 0 Å². The van der Waals surface area contributed by atoms with Crippen LogP contribution in [-0.2, 0) is 57.5 Å². The Balaban J connectivity index is 1.28. The third-order valence-corrected chi connectivity index (χ3v) is 23.9. The number of amides is 12. The second kappa shape index (κ2) is 36.9. The van der Waals surface area contributed by atoms with Crippen LogP contribution in [0.15, 0.2) is 0 Å². The number of likely N-dealkylation sites (N-methyl/N-ethyl adjacent to an activating group) is 7. The van der Waals surface area contributed by atoms with E-state index in [0.29, 0.717) is 64.5 Å². The van der Waals surface area contributed by atoms with Gasteiger partial charge in [-0.3, -0.25) is 57.5 Å². The zero-order valence-corrected chi connectivity index (χ0v) is 62.8. The topological polar surface area (TPSA) is 270 Å². The molecule has 1 spiro atoms. The molecule has 3 aliphatic heterocycles. The maximum atomic E-state index is 15.8. The number of alkyl halides is 4. The molecule has 3 saturated heterocycles. The number of fused-ring (bicyclic) bond motifs is 1. The number of piperidine rings is 1. The lowest BCUT2D eigenvalue weighted by Gasteiger charge is -2.43. The predicted octanol–water partition coefficient (Wildman–Crippen LogP) is 6.48. The number of hydrogen-bond acceptors (Lipinski definition) is 12. The van der Waals surface area contributed by atoms with Gasteiger partial charge in [-0.25, -0.2) is 0 Å². The summed E-state index contributed by atoms with van der Waals surface area (Å²) < 4.78 is 42.1. The van der Waals surface area contributed by atoms with E-state index in [0.717, 1.165) is 67.6 Å². The Kier molecular flexibility index (Phi) is 30.0. The Morgan fingerprint density at radius 1 is 0.574 bits per heavy atom. The van der Waals surface area contributed by atoms with E-state index in [1.54, 1.807) is 11.8 Å². The first-order valence-electron chi connectivity index (χ1n) is 37.7. The molecular formula is C73H118ClF3N12O12. The highest BCUT2D eigenvalue weighted by atomic mass is 35.5. The molecule has 0 aromatic heterocycles. The molecule has 4 aliphatic carbocycles. The minimum atomic E-state index is -4.51. The van der Waals surface area contributed by atoms with Crippen molar-refractivity contribution in [3.63, 3.8) is 0 Å². The van der Waals surface area contributed by atoms with Crippen LogP contribution in [0.4, 0.5) is 13.2 Å². The lowest BCUT2D eigenvalue weighted by atomic mass is 9.78. The summed E-state index contributed by atoms with van der Waals surface area (Å²) in [5.74, 6) is -10.5. The summed E-state index contributed by atoms with van der Waals surface area (Å²) in [6, 6.07) is -8.51. The van der Waals surface area contributed by atoms with E-state index in [-0.39, 0.29) is 88.5 Å². The summed E-state index contributed by atoms with van der Waals surface area (Å²) in [7, 11) is 10.1. The van der Waals surface area contributed by atoms with Crippen molar-refractivity contribution in [1.82, 2.24) is 60.0 Å². The van der Waals surface area contributed by atoms with Gasteiger partial charge in [-0.15, -0.1) is 11.6 Å². The molecule has 7 aliphatic rings. The molecule has 7 fully saturated rings. The monoisotopic (exact) mass is 1450 g/mol. The Morgan fingerprint density at radius 2 is 1.17 bits per heavy atom. The molecule has 7 rings (SSSR count). The molecular weight excluding hydrogens is 1330 g/mol. The van der Waals surface area contributed by atoms with Crippen molar-refractivity contribution < 1.29 is 70.7 Å². The van der Waals surface area contributed by atoms with Gasteiger partial charge in [0, 0.05) is 74.3 Å². The van der Waals surface area contributed by atoms with E-state index in [1.807, 2.05) is 20.8 Å². The third kappa shape index (κ3) is 21.0. The largest absolute Gasteiger partial charge is 0.393 e. The lowest BCUT2D eigenvalue weighted by Crippen LogP contribution is -2.65. The molecule has 0 aromatic rings. The molecule has 28 heteroatoms. The fourth-order valence-corrected chi connectivity index (χ4v) is 17.3. The minimum absolute atomic E-state index is 0.00311. The van der Waals surface area contributed by atoms with Crippen LogP contribution < -0.4 is 16.0 Å². The molecule has 0 aromatic carbocycles. The first-order chi connectivity index (χ1) is 47.7. The number of halogens is 4. The van der Waals surface area contributed by atoms with Gasteiger partial charge in [0.15, 0.2) is 0 Å². The maximum Gasteiger partial charge on any atom is 0.393 e. The summed E-state index contributed by atoms with van der Waals surface area (Å²) in [6.07, 6.45) is 7.98. The van der Waals surface area contributed by atoms with Crippen LogP contribution in [0.2, 0.25) is 0 Å². The van der Waals surface area contributed by atoms with Gasteiger partial charge in [-0.2, -0.15) is 13.2 Å². The fourth-order valence-electron chi connectivity index (χ4n) is 16.8. The van der Waals surface area contributed by atoms with Gasteiger partial charge < -0.3 is 60.0 Å². The van der Waals surface area contributed by atoms with Crippen molar-refractivity contribution >= 4 is 82.5 Å². The number of likely N-dealkylation sites (tertiary alicyclic amines) is 1. The molecule has 3 heterocycles. The van der Waals surface area contributed by atoms with Crippen LogP contribution in [0, 0.1) is 35.5 Å². The van der Waals surface area contributed by atoms with Crippen LogP contribution in [0.5, 0.6) is 0 Å². The Bertz CT molecular complexity index is 2920. The quantitative estimate of drug-likeness (QED) is 0.188. The van der Waals surface area contributed by atoms with Crippen molar-refractivity contribution in [2.24, 2.45) is 35.5 Å². The number of carbonyl (C=O) groups excluding carboxylic acids is 12. The molecule has 101 heavy (non-hydrogen) atoms. The van der Waals surface area contributed by atoms with Gasteiger partial charge in [-0.05, 0) is 132 Å². The highest BCUT2D eigenvalue weighted by Crippen LogP contribution is 2.44. The second-order valence-electron chi connectivity index (χ2n) is 31.2. The van der Waals surface area contributed by atoms with E-state index >= 15 is 28.8 Å². The Hall–Kier alpha value is -6.28. The molecule has 4 unspecified atom stereocenters. The lowest BCUT2D eigenvalue weighted by molar-refractivity contribution is -0.182. The molecule has 12 amide bonds. The maximum absolute atomic E-state index is 15.8. The number of rotatable bonds is 11. The first kappa shape index (κ1) is 82.0. The van der Waals surface area contributed by atoms with E-state index in [2.05, 4.69) is 16.0 Å². The number of carbonyl (C=O) groups is 12. The van der Waals surface area contributed by atoms with E-state index < -0.39 is 174 Å². The summed E-state index contributed by atoms with van der Waals surface area (Å²) >= 11 is 6.41. The highest BCUT2D eigenvalue weighted by Gasteiger charge is 2.52. The average molecular weight is 1450 g/mol. The molecule has 0 bridgehead atoms. The fraction of sp³-hybridized carbons (Fsp3) is 0.836. The van der Waals surface area contributed by atoms with Crippen LogP contribution in [0.3, 0.4) is 0 Å². The van der Waals surface area contributed by atoms with Crippen LogP contribution in [0.1, 0.15) is 207 Å². The number of nitrogens with one attached hydrogen (secondary N) is 3. The van der Waals surface area contributed by atoms with E-state index in [9.17, 15) is 41.9 Å². The number of hydrogen-bond donors (Lipinski definition) is 3. The third-order valence-electron chi connectivity index (χ3n) is 23.5. The van der Waals surface area contributed by atoms with Gasteiger partial charge in [0.2, 0.25) is 70.9 Å². The van der Waals surface area contributed by atoms with Gasteiger partial charge in [-0.1, -0.05) is 98.3 Å². The van der Waals surface area contributed by atoms with Crippen molar-refractivity contribution in [2.45, 2.75) is 267 Å². The van der Waals surface area contributed by atoms with E-state index in [1.165, 1.54) is 78.7 Å². The van der Waals surface area contributed by atoms with Crippen molar-refractivity contribution in [3.8, 4) is 0 Å². The second-order valence-corrected chi connectivity index (χ2v) is 31.8. The van der Waals surface area contributed by atoms with E-state index in [4.69, 9.17) is 11.6 Å². The summed E-state index contributed by atoms with van der Waals surface area (Å²) in [6.45, 7) is 6.59. The molecule has 3 N–H and O–H groups in total.